The van der Waals surface area contributed by atoms with Crippen LogP contribution in [0.1, 0.15) is 37.8 Å². The fourth-order valence-corrected chi connectivity index (χ4v) is 2.70. The Kier molecular flexibility index (Phi) is 3.58. The molecule has 3 rings (SSSR count). The summed E-state index contributed by atoms with van der Waals surface area (Å²) >= 11 is 5.85. The highest BCUT2D eigenvalue weighted by Gasteiger charge is 2.48. The molecule has 1 aromatic heterocycles. The number of pyridine rings is 1. The van der Waals surface area contributed by atoms with Crippen LogP contribution < -0.4 is 0 Å². The molecule has 1 aliphatic heterocycles. The highest BCUT2D eigenvalue weighted by molar-refractivity contribution is 6.30. The molecule has 1 spiro atoms. The normalized spacial score (nSPS) is 22.1. The summed E-state index contributed by atoms with van der Waals surface area (Å²) in [5.74, 6) is 3.17. The third-order valence-corrected chi connectivity index (χ3v) is 4.02. The Morgan fingerprint density at radius 3 is 2.67 bits per heavy atom. The smallest absolute Gasteiger partial charge is 0.248 e. The Labute approximate surface area is 126 Å². The number of alkyl halides is 2. The summed E-state index contributed by atoms with van der Waals surface area (Å²) in [6.07, 6.45) is 2.37. The van der Waals surface area contributed by atoms with E-state index in [-0.39, 0.29) is 12.8 Å². The lowest BCUT2D eigenvalue weighted by Gasteiger charge is -2.34. The van der Waals surface area contributed by atoms with Crippen LogP contribution in [-0.4, -0.2) is 22.2 Å². The zero-order chi connectivity index (χ0) is 14.9. The summed E-state index contributed by atoms with van der Waals surface area (Å²) in [4.78, 5) is 9.48. The van der Waals surface area contributed by atoms with Crippen LogP contribution >= 0.6 is 11.6 Å². The van der Waals surface area contributed by atoms with Gasteiger partial charge in [0.15, 0.2) is 0 Å². The van der Waals surface area contributed by atoms with Gasteiger partial charge >= 0.3 is 0 Å². The van der Waals surface area contributed by atoms with Crippen LogP contribution in [0.3, 0.4) is 0 Å². The lowest BCUT2D eigenvalue weighted by atomic mass is 9.80. The van der Waals surface area contributed by atoms with Crippen molar-refractivity contribution in [2.75, 3.05) is 0 Å². The minimum atomic E-state index is -2.58. The quantitative estimate of drug-likeness (QED) is 0.683. The van der Waals surface area contributed by atoms with Gasteiger partial charge in [-0.1, -0.05) is 16.8 Å². The Bertz CT molecular complexity index is 639. The van der Waals surface area contributed by atoms with E-state index in [1.807, 2.05) is 0 Å². The summed E-state index contributed by atoms with van der Waals surface area (Å²) in [7, 11) is 0. The summed E-state index contributed by atoms with van der Waals surface area (Å²) < 4.78 is 26.4. The second kappa shape index (κ2) is 5.27. The number of hydrogen-bond donors (Lipinski definition) is 0. The molecule has 1 aromatic rings. The molecule has 1 saturated carbocycles. The monoisotopic (exact) mass is 310 g/mol. The van der Waals surface area contributed by atoms with E-state index in [0.29, 0.717) is 35.7 Å². The molecule has 110 valence electrons. The molecule has 0 atom stereocenters. The molecular weight excluding hydrogens is 298 g/mol. The summed E-state index contributed by atoms with van der Waals surface area (Å²) in [6, 6.07) is 3.32. The van der Waals surface area contributed by atoms with Crippen molar-refractivity contribution in [3.05, 3.63) is 29.0 Å². The number of nitrogens with zero attached hydrogens (tertiary/aromatic N) is 2. The average molecular weight is 311 g/mol. The van der Waals surface area contributed by atoms with Gasteiger partial charge in [0, 0.05) is 30.5 Å². The molecule has 0 bridgehead atoms. The number of aromatic nitrogens is 1. The first kappa shape index (κ1) is 14.3. The molecule has 0 saturated heterocycles. The zero-order valence-electron chi connectivity index (χ0n) is 11.2. The molecule has 1 fully saturated rings. The predicted molar refractivity (Wildman–Crippen MR) is 75.4 cm³/mol. The van der Waals surface area contributed by atoms with Crippen LogP contribution in [0.25, 0.3) is 0 Å². The molecule has 3 nitrogen and oxygen atoms in total. The molecule has 0 amide bonds. The van der Waals surface area contributed by atoms with Crippen LogP contribution in [0.4, 0.5) is 8.78 Å². The van der Waals surface area contributed by atoms with Gasteiger partial charge in [-0.2, -0.15) is 0 Å². The van der Waals surface area contributed by atoms with Crippen molar-refractivity contribution < 1.29 is 13.6 Å². The van der Waals surface area contributed by atoms with Gasteiger partial charge in [-0.05, 0) is 36.8 Å². The van der Waals surface area contributed by atoms with Gasteiger partial charge in [-0.25, -0.2) is 13.8 Å². The van der Waals surface area contributed by atoms with Gasteiger partial charge in [-0.15, -0.1) is 0 Å². The Morgan fingerprint density at radius 2 is 1.95 bits per heavy atom. The van der Waals surface area contributed by atoms with Crippen LogP contribution in [0, 0.1) is 11.8 Å². The van der Waals surface area contributed by atoms with E-state index >= 15 is 0 Å². The van der Waals surface area contributed by atoms with Crippen molar-refractivity contribution >= 4 is 17.3 Å². The molecule has 0 unspecified atom stereocenters. The van der Waals surface area contributed by atoms with Crippen molar-refractivity contribution in [3.63, 3.8) is 0 Å². The summed E-state index contributed by atoms with van der Waals surface area (Å²) in [6.45, 7) is 0. The van der Waals surface area contributed by atoms with Crippen molar-refractivity contribution in [2.24, 2.45) is 5.16 Å². The second-order valence-electron chi connectivity index (χ2n) is 5.45. The molecular formula is C15H13ClF2N2O. The molecule has 0 radical (unpaired) electrons. The predicted octanol–water partition coefficient (Wildman–Crippen LogP) is 3.81. The van der Waals surface area contributed by atoms with E-state index in [0.717, 1.165) is 0 Å². The van der Waals surface area contributed by atoms with E-state index in [4.69, 9.17) is 16.4 Å². The average Bonchev–Trinajstić information content (AvgIpc) is 2.85. The molecule has 2 aliphatic rings. The maximum atomic E-state index is 13.2. The molecule has 1 aliphatic carbocycles. The van der Waals surface area contributed by atoms with E-state index in [2.05, 4.69) is 22.0 Å². The van der Waals surface area contributed by atoms with Gasteiger partial charge in [0.1, 0.15) is 17.0 Å². The number of oxime groups is 1. The topological polar surface area (TPSA) is 34.5 Å². The van der Waals surface area contributed by atoms with E-state index in [1.165, 1.54) is 0 Å². The van der Waals surface area contributed by atoms with Crippen LogP contribution in [0.15, 0.2) is 23.5 Å². The molecule has 0 aromatic carbocycles. The van der Waals surface area contributed by atoms with Crippen LogP contribution in [0.5, 0.6) is 0 Å². The van der Waals surface area contributed by atoms with Crippen molar-refractivity contribution in [2.45, 2.75) is 43.6 Å². The summed E-state index contributed by atoms with van der Waals surface area (Å²) in [5, 5.41) is 4.50. The zero-order valence-corrected chi connectivity index (χ0v) is 12.0. The fourth-order valence-electron chi connectivity index (χ4n) is 2.54. The van der Waals surface area contributed by atoms with Gasteiger partial charge in [-0.3, -0.25) is 0 Å². The Morgan fingerprint density at radius 1 is 1.19 bits per heavy atom. The highest BCUT2D eigenvalue weighted by Crippen LogP contribution is 2.44. The van der Waals surface area contributed by atoms with Gasteiger partial charge in [0.25, 0.3) is 0 Å². The van der Waals surface area contributed by atoms with Gasteiger partial charge in [0.2, 0.25) is 5.92 Å². The fraction of sp³-hybridized carbons (Fsp3) is 0.467. The van der Waals surface area contributed by atoms with Gasteiger partial charge < -0.3 is 4.84 Å². The SMILES string of the molecule is FC1(F)CCC2(CC1)CC(C#Cc1cc(Cl)ccn1)=NO2. The minimum absolute atomic E-state index is 0.154. The lowest BCUT2D eigenvalue weighted by Crippen LogP contribution is -2.38. The first-order valence-electron chi connectivity index (χ1n) is 6.73. The first-order valence-corrected chi connectivity index (χ1v) is 7.11. The largest absolute Gasteiger partial charge is 0.388 e. The molecule has 21 heavy (non-hydrogen) atoms. The third kappa shape index (κ3) is 3.33. The van der Waals surface area contributed by atoms with Gasteiger partial charge in [0.05, 0.1) is 0 Å². The molecule has 2 heterocycles. The third-order valence-electron chi connectivity index (χ3n) is 3.79. The van der Waals surface area contributed by atoms with Crippen molar-refractivity contribution in [1.29, 1.82) is 0 Å². The van der Waals surface area contributed by atoms with E-state index in [9.17, 15) is 8.78 Å². The number of rotatable bonds is 0. The molecule has 0 N–H and O–H groups in total. The highest BCUT2D eigenvalue weighted by atomic mass is 35.5. The van der Waals surface area contributed by atoms with Crippen LogP contribution in [0.2, 0.25) is 5.02 Å². The van der Waals surface area contributed by atoms with E-state index < -0.39 is 11.5 Å². The maximum absolute atomic E-state index is 13.2. The summed E-state index contributed by atoms with van der Waals surface area (Å²) in [5.41, 5.74) is 0.524. The molecule has 6 heteroatoms. The van der Waals surface area contributed by atoms with Crippen molar-refractivity contribution in [3.8, 4) is 11.8 Å². The Balaban J connectivity index is 1.66. The Hall–Kier alpha value is -1.67. The van der Waals surface area contributed by atoms with E-state index in [1.54, 1.807) is 18.3 Å². The minimum Gasteiger partial charge on any atom is -0.388 e. The maximum Gasteiger partial charge on any atom is 0.248 e. The standard InChI is InChI=1S/C15H13ClF2N2O/c16-11-3-8-19-12(9-11)1-2-13-10-14(21-20-13)4-6-15(17,18)7-5-14/h3,8-9H,4-7,10H2. The van der Waals surface area contributed by atoms with Crippen LogP contribution in [-0.2, 0) is 4.84 Å². The first-order chi connectivity index (χ1) is 9.96. The number of halogens is 3. The second-order valence-corrected chi connectivity index (χ2v) is 5.89. The number of hydrogen-bond acceptors (Lipinski definition) is 3. The lowest BCUT2D eigenvalue weighted by molar-refractivity contribution is -0.119. The van der Waals surface area contributed by atoms with Crippen molar-refractivity contribution in [1.82, 2.24) is 4.98 Å².